The van der Waals surface area contributed by atoms with E-state index in [0.717, 1.165) is 57.6 Å². The number of hydrogen-bond acceptors (Lipinski definition) is 3. The Bertz CT molecular complexity index is 681. The first-order chi connectivity index (χ1) is 12.3. The summed E-state index contributed by atoms with van der Waals surface area (Å²) in [5, 5.41) is 4.31. The maximum absolute atomic E-state index is 13.0. The largest absolute Gasteiger partial charge is 0.342 e. The van der Waals surface area contributed by atoms with E-state index in [1.165, 1.54) is 0 Å². The van der Waals surface area contributed by atoms with Crippen LogP contribution in [0.25, 0.3) is 0 Å². The highest BCUT2D eigenvalue weighted by atomic mass is 16.2. The number of hydrogen-bond donors (Lipinski definition) is 0. The van der Waals surface area contributed by atoms with Crippen LogP contribution in [0.3, 0.4) is 0 Å². The lowest BCUT2D eigenvalue weighted by Crippen LogP contribution is -2.55. The molecule has 1 spiro atoms. The van der Waals surface area contributed by atoms with Crippen molar-refractivity contribution in [3.05, 3.63) is 17.5 Å². The predicted octanol–water partition coefficient (Wildman–Crippen LogP) is 2.62. The van der Waals surface area contributed by atoms with Gasteiger partial charge in [0.25, 0.3) is 5.91 Å². The Hall–Kier alpha value is -1.85. The summed E-state index contributed by atoms with van der Waals surface area (Å²) in [7, 11) is 1.83. The van der Waals surface area contributed by atoms with Crippen LogP contribution < -0.4 is 0 Å². The minimum atomic E-state index is 0.0619. The van der Waals surface area contributed by atoms with Crippen molar-refractivity contribution in [3.63, 3.8) is 0 Å². The summed E-state index contributed by atoms with van der Waals surface area (Å²) in [5.74, 6) is 0.943. The average Bonchev–Trinajstić information content (AvgIpc) is 2.93. The van der Waals surface area contributed by atoms with Gasteiger partial charge in [0.15, 0.2) is 0 Å². The molecule has 0 saturated carbocycles. The highest BCUT2D eigenvalue weighted by molar-refractivity contribution is 5.92. The molecule has 6 heteroatoms. The molecule has 0 bridgehead atoms. The van der Waals surface area contributed by atoms with Gasteiger partial charge in [0.1, 0.15) is 5.69 Å². The van der Waals surface area contributed by atoms with Crippen LogP contribution in [-0.4, -0.2) is 57.6 Å². The van der Waals surface area contributed by atoms with Crippen LogP contribution in [-0.2, 0) is 11.8 Å². The number of aromatic nitrogens is 2. The first-order valence-corrected chi connectivity index (χ1v) is 9.87. The van der Waals surface area contributed by atoms with Gasteiger partial charge < -0.3 is 9.80 Å². The van der Waals surface area contributed by atoms with Gasteiger partial charge in [0.2, 0.25) is 5.91 Å². The maximum atomic E-state index is 13.0. The van der Waals surface area contributed by atoms with Gasteiger partial charge >= 0.3 is 0 Å². The molecule has 1 aromatic rings. The fraction of sp³-hybridized carbons (Fsp3) is 0.750. The molecule has 3 heterocycles. The van der Waals surface area contributed by atoms with Crippen molar-refractivity contribution >= 4 is 11.8 Å². The summed E-state index contributed by atoms with van der Waals surface area (Å²) < 4.78 is 1.68. The summed E-state index contributed by atoms with van der Waals surface area (Å²) in [4.78, 5) is 29.4. The van der Waals surface area contributed by atoms with Crippen LogP contribution >= 0.6 is 0 Å². The number of amides is 2. The van der Waals surface area contributed by atoms with Gasteiger partial charge in [-0.25, -0.2) is 0 Å². The lowest BCUT2D eigenvalue weighted by molar-refractivity contribution is -0.139. The van der Waals surface area contributed by atoms with E-state index in [1.54, 1.807) is 4.68 Å². The van der Waals surface area contributed by atoms with E-state index in [1.807, 2.05) is 29.8 Å². The Morgan fingerprint density at radius 1 is 1.31 bits per heavy atom. The zero-order chi connectivity index (χ0) is 18.9. The Balaban J connectivity index is 1.71. The second-order valence-corrected chi connectivity index (χ2v) is 8.62. The van der Waals surface area contributed by atoms with Gasteiger partial charge in [-0.05, 0) is 44.6 Å². The van der Waals surface area contributed by atoms with Crippen molar-refractivity contribution in [2.75, 3.05) is 26.2 Å². The number of likely N-dealkylation sites (tertiary alicyclic amines) is 2. The highest BCUT2D eigenvalue weighted by Gasteiger charge is 2.43. The Kier molecular flexibility index (Phi) is 5.39. The number of aryl methyl sites for hydroxylation is 2. The minimum Gasteiger partial charge on any atom is -0.342 e. The first kappa shape index (κ1) is 18.9. The fourth-order valence-corrected chi connectivity index (χ4v) is 4.41. The van der Waals surface area contributed by atoms with E-state index in [4.69, 9.17) is 0 Å². The topological polar surface area (TPSA) is 58.4 Å². The van der Waals surface area contributed by atoms with E-state index in [-0.39, 0.29) is 17.2 Å². The second-order valence-electron chi connectivity index (χ2n) is 8.62. The van der Waals surface area contributed by atoms with Crippen LogP contribution in [0.15, 0.2) is 6.07 Å². The van der Waals surface area contributed by atoms with Crippen molar-refractivity contribution in [2.24, 2.45) is 18.4 Å². The summed E-state index contributed by atoms with van der Waals surface area (Å²) in [6.45, 7) is 9.49. The van der Waals surface area contributed by atoms with Crippen molar-refractivity contribution in [3.8, 4) is 0 Å². The number of carbonyl (C=O) groups is 2. The number of piperidine rings is 2. The molecule has 1 aromatic heterocycles. The molecule has 0 aromatic carbocycles. The van der Waals surface area contributed by atoms with E-state index in [9.17, 15) is 9.59 Å². The Labute approximate surface area is 156 Å². The van der Waals surface area contributed by atoms with Crippen molar-refractivity contribution < 1.29 is 9.59 Å². The molecule has 6 nitrogen and oxygen atoms in total. The van der Waals surface area contributed by atoms with E-state index < -0.39 is 0 Å². The van der Waals surface area contributed by atoms with E-state index >= 15 is 0 Å². The smallest absolute Gasteiger partial charge is 0.272 e. The second kappa shape index (κ2) is 7.41. The quantitative estimate of drug-likeness (QED) is 0.829. The molecule has 0 N–H and O–H groups in total. The Morgan fingerprint density at radius 3 is 2.73 bits per heavy atom. The van der Waals surface area contributed by atoms with Crippen LogP contribution in [0.1, 0.15) is 62.1 Å². The standard InChI is InChI=1S/C20H32N4O2/c1-15(2)7-11-23-13-20(9-6-18(23)25)8-5-10-24(14-20)19(26)17-12-16(3)21-22(17)4/h12,15H,5-11,13-14H2,1-4H3/t20-/m0/s1. The molecule has 2 fully saturated rings. The van der Waals surface area contributed by atoms with Crippen LogP contribution in [0.2, 0.25) is 0 Å². The van der Waals surface area contributed by atoms with Crippen molar-refractivity contribution in [1.82, 2.24) is 19.6 Å². The lowest BCUT2D eigenvalue weighted by Gasteiger charge is -2.48. The number of nitrogens with zero attached hydrogens (tertiary/aromatic N) is 4. The molecular weight excluding hydrogens is 328 g/mol. The third kappa shape index (κ3) is 3.94. The predicted molar refractivity (Wildman–Crippen MR) is 101 cm³/mol. The monoisotopic (exact) mass is 360 g/mol. The van der Waals surface area contributed by atoms with Crippen molar-refractivity contribution in [2.45, 2.75) is 52.9 Å². The molecule has 0 unspecified atom stereocenters. The molecular formula is C20H32N4O2. The van der Waals surface area contributed by atoms with Crippen LogP contribution in [0, 0.1) is 18.3 Å². The summed E-state index contributed by atoms with van der Waals surface area (Å²) in [6.07, 6.45) is 4.67. The van der Waals surface area contributed by atoms with Crippen LogP contribution in [0.4, 0.5) is 0 Å². The molecule has 144 valence electrons. The average molecular weight is 361 g/mol. The molecule has 0 radical (unpaired) electrons. The number of rotatable bonds is 4. The SMILES string of the molecule is Cc1cc(C(=O)N2CCC[C@@]3(CCC(=O)N(CCC(C)C)C3)C2)n(C)n1. The Morgan fingerprint density at radius 2 is 2.08 bits per heavy atom. The van der Waals surface area contributed by atoms with Gasteiger partial charge in [0.05, 0.1) is 5.69 Å². The summed E-state index contributed by atoms with van der Waals surface area (Å²) in [6, 6.07) is 1.86. The van der Waals surface area contributed by atoms with Gasteiger partial charge in [-0.1, -0.05) is 13.8 Å². The van der Waals surface area contributed by atoms with Crippen molar-refractivity contribution in [1.29, 1.82) is 0 Å². The summed E-state index contributed by atoms with van der Waals surface area (Å²) >= 11 is 0. The zero-order valence-corrected chi connectivity index (χ0v) is 16.6. The molecule has 2 saturated heterocycles. The molecule has 1 atom stereocenters. The summed E-state index contributed by atoms with van der Waals surface area (Å²) in [5.41, 5.74) is 1.58. The van der Waals surface area contributed by atoms with Gasteiger partial charge in [-0.15, -0.1) is 0 Å². The zero-order valence-electron chi connectivity index (χ0n) is 16.6. The maximum Gasteiger partial charge on any atom is 0.272 e. The molecule has 2 aliphatic heterocycles. The normalized spacial score (nSPS) is 24.0. The van der Waals surface area contributed by atoms with Gasteiger partial charge in [-0.2, -0.15) is 5.10 Å². The third-order valence-corrected chi connectivity index (χ3v) is 5.89. The molecule has 3 rings (SSSR count). The lowest BCUT2D eigenvalue weighted by atomic mass is 9.73. The van der Waals surface area contributed by atoms with Gasteiger partial charge in [-0.3, -0.25) is 14.3 Å². The third-order valence-electron chi connectivity index (χ3n) is 5.89. The molecule has 2 aliphatic rings. The first-order valence-electron chi connectivity index (χ1n) is 9.87. The number of carbonyl (C=O) groups excluding carboxylic acids is 2. The highest BCUT2D eigenvalue weighted by Crippen LogP contribution is 2.39. The molecule has 2 amide bonds. The molecule has 0 aliphatic carbocycles. The molecule has 26 heavy (non-hydrogen) atoms. The van der Waals surface area contributed by atoms with E-state index in [0.29, 0.717) is 18.0 Å². The van der Waals surface area contributed by atoms with Crippen LogP contribution in [0.5, 0.6) is 0 Å². The fourth-order valence-electron chi connectivity index (χ4n) is 4.41. The van der Waals surface area contributed by atoms with E-state index in [2.05, 4.69) is 18.9 Å². The van der Waals surface area contributed by atoms with Gasteiger partial charge in [0, 0.05) is 45.1 Å². The minimum absolute atomic E-state index is 0.0619.